The van der Waals surface area contributed by atoms with Crippen LogP contribution < -0.4 is 10.6 Å². The van der Waals surface area contributed by atoms with Crippen molar-refractivity contribution in [1.82, 2.24) is 15.5 Å². The average Bonchev–Trinajstić information content (AvgIpc) is 2.54. The summed E-state index contributed by atoms with van der Waals surface area (Å²) in [4.78, 5) is 7.24. The molecule has 0 radical (unpaired) electrons. The highest BCUT2D eigenvalue weighted by Gasteiger charge is 2.13. The molecule has 0 aromatic carbocycles. The van der Waals surface area contributed by atoms with E-state index in [4.69, 9.17) is 9.73 Å². The number of ether oxygens (including phenoxy) is 1. The van der Waals surface area contributed by atoms with Gasteiger partial charge in [-0.05, 0) is 18.8 Å². The molecule has 0 amide bonds. The van der Waals surface area contributed by atoms with E-state index in [0.717, 1.165) is 64.4 Å². The molecule has 138 valence electrons. The van der Waals surface area contributed by atoms with Crippen molar-refractivity contribution in [2.45, 2.75) is 40.5 Å². The van der Waals surface area contributed by atoms with Gasteiger partial charge in [0.05, 0.1) is 13.2 Å². The van der Waals surface area contributed by atoms with Crippen LogP contribution in [-0.2, 0) is 4.74 Å². The number of nitrogens with zero attached hydrogens (tertiary/aromatic N) is 2. The topological polar surface area (TPSA) is 48.9 Å². The molecule has 1 rings (SSSR count). The Morgan fingerprint density at radius 2 is 1.78 bits per heavy atom. The number of morpholine rings is 1. The van der Waals surface area contributed by atoms with Crippen LogP contribution in [0.4, 0.5) is 0 Å². The maximum atomic E-state index is 5.40. The Hall–Kier alpha value is -0.0800. The zero-order valence-corrected chi connectivity index (χ0v) is 17.8. The van der Waals surface area contributed by atoms with Gasteiger partial charge in [-0.1, -0.05) is 33.6 Å². The Morgan fingerprint density at radius 3 is 2.35 bits per heavy atom. The Labute approximate surface area is 160 Å². The summed E-state index contributed by atoms with van der Waals surface area (Å²) in [5.74, 6) is 2.26. The van der Waals surface area contributed by atoms with Gasteiger partial charge in [0.25, 0.3) is 0 Å². The first-order valence-electron chi connectivity index (χ1n) is 9.01. The molecule has 0 aromatic heterocycles. The smallest absolute Gasteiger partial charge is 0.191 e. The van der Waals surface area contributed by atoms with Crippen LogP contribution in [0.1, 0.15) is 40.5 Å². The van der Waals surface area contributed by atoms with Crippen molar-refractivity contribution < 1.29 is 4.74 Å². The van der Waals surface area contributed by atoms with Crippen LogP contribution in [0.5, 0.6) is 0 Å². The first kappa shape index (κ1) is 22.9. The first-order valence-corrected chi connectivity index (χ1v) is 9.01. The van der Waals surface area contributed by atoms with E-state index < -0.39 is 0 Å². The van der Waals surface area contributed by atoms with Crippen LogP contribution in [0.3, 0.4) is 0 Å². The van der Waals surface area contributed by atoms with Crippen LogP contribution >= 0.6 is 24.0 Å². The Kier molecular flexibility index (Phi) is 14.2. The van der Waals surface area contributed by atoms with Gasteiger partial charge in [0.1, 0.15) is 0 Å². The maximum Gasteiger partial charge on any atom is 0.191 e. The minimum atomic E-state index is 0. The molecule has 1 atom stereocenters. The second-order valence-electron chi connectivity index (χ2n) is 6.30. The number of aliphatic imine (C=N–C) groups is 1. The average molecular weight is 440 g/mol. The lowest BCUT2D eigenvalue weighted by Crippen LogP contribution is -2.41. The fourth-order valence-electron chi connectivity index (χ4n) is 2.69. The molecule has 6 heteroatoms. The monoisotopic (exact) mass is 440 g/mol. The molecular formula is C17H37IN4O. The molecule has 1 unspecified atom stereocenters. The molecule has 5 nitrogen and oxygen atoms in total. The summed E-state index contributed by atoms with van der Waals surface area (Å²) in [6.45, 7) is 16.7. The summed E-state index contributed by atoms with van der Waals surface area (Å²) in [5, 5.41) is 6.84. The van der Waals surface area contributed by atoms with Crippen molar-refractivity contribution in [2.24, 2.45) is 16.8 Å². The minimum absolute atomic E-state index is 0. The molecule has 0 aromatic rings. The standard InChI is InChI=1S/C17H36N4O.HI/c1-5-16(6-2)13-20-17(18-7-3)19-12-15(4)14-21-8-10-22-11-9-21;/h15-16H,5-14H2,1-4H3,(H2,18,19,20);1H. The van der Waals surface area contributed by atoms with Crippen LogP contribution in [0.15, 0.2) is 4.99 Å². The number of hydrogen-bond donors (Lipinski definition) is 2. The van der Waals surface area contributed by atoms with Crippen molar-refractivity contribution in [2.75, 3.05) is 52.5 Å². The van der Waals surface area contributed by atoms with Crippen molar-refractivity contribution in [3.05, 3.63) is 0 Å². The molecule has 2 N–H and O–H groups in total. The largest absolute Gasteiger partial charge is 0.379 e. The maximum absolute atomic E-state index is 5.40. The molecule has 0 saturated carbocycles. The van der Waals surface area contributed by atoms with Crippen molar-refractivity contribution in [3.8, 4) is 0 Å². The molecule has 0 bridgehead atoms. The van der Waals surface area contributed by atoms with Crippen LogP contribution in [-0.4, -0.2) is 63.3 Å². The predicted octanol–water partition coefficient (Wildman–Crippen LogP) is 2.56. The third-order valence-electron chi connectivity index (χ3n) is 4.29. The number of guanidine groups is 1. The van der Waals surface area contributed by atoms with E-state index >= 15 is 0 Å². The van der Waals surface area contributed by atoms with E-state index in [-0.39, 0.29) is 24.0 Å². The van der Waals surface area contributed by atoms with E-state index in [9.17, 15) is 0 Å². The SMILES string of the molecule is CCNC(=NCC(C)CN1CCOCC1)NCC(CC)CC.I. The Morgan fingerprint density at radius 1 is 1.13 bits per heavy atom. The molecule has 1 heterocycles. The highest BCUT2D eigenvalue weighted by molar-refractivity contribution is 14.0. The number of nitrogens with one attached hydrogen (secondary N) is 2. The summed E-state index contributed by atoms with van der Waals surface area (Å²) in [5.41, 5.74) is 0. The Bertz CT molecular complexity index is 305. The van der Waals surface area contributed by atoms with Gasteiger partial charge in [0.15, 0.2) is 5.96 Å². The van der Waals surface area contributed by atoms with Crippen molar-refractivity contribution in [3.63, 3.8) is 0 Å². The van der Waals surface area contributed by atoms with Gasteiger partial charge in [-0.2, -0.15) is 0 Å². The minimum Gasteiger partial charge on any atom is -0.379 e. The summed E-state index contributed by atoms with van der Waals surface area (Å²) >= 11 is 0. The second-order valence-corrected chi connectivity index (χ2v) is 6.30. The van der Waals surface area contributed by atoms with E-state index in [1.165, 1.54) is 12.8 Å². The van der Waals surface area contributed by atoms with E-state index in [0.29, 0.717) is 5.92 Å². The lowest BCUT2D eigenvalue weighted by molar-refractivity contribution is 0.0323. The van der Waals surface area contributed by atoms with Crippen molar-refractivity contribution >= 4 is 29.9 Å². The fourth-order valence-corrected chi connectivity index (χ4v) is 2.69. The quantitative estimate of drug-likeness (QED) is 0.329. The van der Waals surface area contributed by atoms with Gasteiger partial charge in [0, 0.05) is 39.3 Å². The van der Waals surface area contributed by atoms with E-state index in [2.05, 4.69) is 43.2 Å². The van der Waals surface area contributed by atoms with Gasteiger partial charge in [-0.25, -0.2) is 0 Å². The van der Waals surface area contributed by atoms with Crippen molar-refractivity contribution in [1.29, 1.82) is 0 Å². The lowest BCUT2D eigenvalue weighted by Gasteiger charge is -2.28. The molecular weight excluding hydrogens is 403 g/mol. The molecule has 23 heavy (non-hydrogen) atoms. The zero-order valence-electron chi connectivity index (χ0n) is 15.4. The highest BCUT2D eigenvalue weighted by atomic mass is 127. The molecule has 1 aliphatic heterocycles. The predicted molar refractivity (Wildman–Crippen MR) is 110 cm³/mol. The van der Waals surface area contributed by atoms with Crippen LogP contribution in [0.25, 0.3) is 0 Å². The molecule has 0 spiro atoms. The number of hydrogen-bond acceptors (Lipinski definition) is 3. The van der Waals surface area contributed by atoms with Crippen LogP contribution in [0.2, 0.25) is 0 Å². The summed E-state index contributed by atoms with van der Waals surface area (Å²) in [7, 11) is 0. The van der Waals surface area contributed by atoms with E-state index in [1.54, 1.807) is 0 Å². The zero-order chi connectivity index (χ0) is 16.2. The summed E-state index contributed by atoms with van der Waals surface area (Å²) in [6, 6.07) is 0. The molecule has 0 aliphatic carbocycles. The fraction of sp³-hybridized carbons (Fsp3) is 0.941. The normalized spacial score (nSPS) is 17.7. The summed E-state index contributed by atoms with van der Waals surface area (Å²) < 4.78 is 5.40. The van der Waals surface area contributed by atoms with Gasteiger partial charge in [-0.15, -0.1) is 24.0 Å². The highest BCUT2D eigenvalue weighted by Crippen LogP contribution is 2.06. The number of rotatable bonds is 9. The van der Waals surface area contributed by atoms with E-state index in [1.807, 2.05) is 0 Å². The third-order valence-corrected chi connectivity index (χ3v) is 4.29. The molecule has 1 fully saturated rings. The van der Waals surface area contributed by atoms with Gasteiger partial charge in [0.2, 0.25) is 0 Å². The number of halogens is 1. The summed E-state index contributed by atoms with van der Waals surface area (Å²) in [6.07, 6.45) is 2.44. The van der Waals surface area contributed by atoms with Gasteiger partial charge >= 0.3 is 0 Å². The first-order chi connectivity index (χ1) is 10.7. The third kappa shape index (κ3) is 10.4. The molecule has 1 aliphatic rings. The second kappa shape index (κ2) is 14.3. The lowest BCUT2D eigenvalue weighted by atomic mass is 10.0. The Balaban J connectivity index is 0.00000484. The van der Waals surface area contributed by atoms with Crippen LogP contribution in [0, 0.1) is 11.8 Å². The van der Waals surface area contributed by atoms with Gasteiger partial charge < -0.3 is 15.4 Å². The molecule has 1 saturated heterocycles. The van der Waals surface area contributed by atoms with Gasteiger partial charge in [-0.3, -0.25) is 9.89 Å².